The van der Waals surface area contributed by atoms with Gasteiger partial charge >= 0.3 is 0 Å². The smallest absolute Gasteiger partial charge is 0.253 e. The van der Waals surface area contributed by atoms with Crippen LogP contribution < -0.4 is 10.2 Å². The molecule has 4 rings (SSSR count). The molecule has 1 N–H and O–H groups in total. The monoisotopic (exact) mass is 334 g/mol. The third kappa shape index (κ3) is 3.50. The number of pyridine rings is 2. The van der Waals surface area contributed by atoms with Crippen LogP contribution >= 0.6 is 0 Å². The molecule has 5 heteroatoms. The van der Waals surface area contributed by atoms with Crippen LogP contribution in [0.1, 0.15) is 28.9 Å². The molecule has 0 aliphatic heterocycles. The second kappa shape index (κ2) is 6.59. The van der Waals surface area contributed by atoms with E-state index in [1.165, 1.54) is 12.8 Å². The minimum Gasteiger partial charge on any atom is -0.361 e. The lowest BCUT2D eigenvalue weighted by Gasteiger charge is -2.19. The molecule has 3 heterocycles. The Morgan fingerprint density at radius 3 is 2.84 bits per heavy atom. The Kier molecular flexibility index (Phi) is 4.14. The molecule has 1 aliphatic carbocycles. The van der Waals surface area contributed by atoms with Crippen molar-refractivity contribution in [3.8, 4) is 0 Å². The van der Waals surface area contributed by atoms with Crippen LogP contribution in [0.4, 0.5) is 5.82 Å². The van der Waals surface area contributed by atoms with Gasteiger partial charge in [-0.05, 0) is 55.2 Å². The molecule has 3 aromatic rings. The van der Waals surface area contributed by atoms with Gasteiger partial charge in [-0.15, -0.1) is 0 Å². The lowest BCUT2D eigenvalue weighted by atomic mass is 10.2. The number of anilines is 1. The highest BCUT2D eigenvalue weighted by Crippen LogP contribution is 2.31. The van der Waals surface area contributed by atoms with Crippen LogP contribution in [0.15, 0.2) is 54.9 Å². The standard InChI is InChI=1S/C20H22N4O/c1-23(13-15-5-6-15)19-10-9-18-8-7-16(14-24(18)19)20(25)22-12-17-4-2-3-11-21-17/h2-4,7-11,14-15H,5-6,12-13H2,1H3,(H,22,25). The highest BCUT2D eigenvalue weighted by molar-refractivity contribution is 5.94. The molecular weight excluding hydrogens is 312 g/mol. The van der Waals surface area contributed by atoms with E-state index >= 15 is 0 Å². The van der Waals surface area contributed by atoms with Crippen molar-refractivity contribution >= 4 is 17.2 Å². The number of hydrogen-bond acceptors (Lipinski definition) is 3. The summed E-state index contributed by atoms with van der Waals surface area (Å²) in [6, 6.07) is 13.8. The lowest BCUT2D eigenvalue weighted by Crippen LogP contribution is -2.24. The van der Waals surface area contributed by atoms with Crippen LogP contribution in [0, 0.1) is 5.92 Å². The normalized spacial score (nSPS) is 13.8. The Hall–Kier alpha value is -2.82. The molecule has 0 unspecified atom stereocenters. The Morgan fingerprint density at radius 2 is 2.08 bits per heavy atom. The van der Waals surface area contributed by atoms with Gasteiger partial charge in [-0.2, -0.15) is 0 Å². The van der Waals surface area contributed by atoms with Gasteiger partial charge in [-0.3, -0.25) is 9.78 Å². The van der Waals surface area contributed by atoms with Crippen molar-refractivity contribution in [1.29, 1.82) is 0 Å². The molecule has 1 aliphatic rings. The second-order valence-corrected chi connectivity index (χ2v) is 6.73. The van der Waals surface area contributed by atoms with E-state index in [0.717, 1.165) is 29.5 Å². The van der Waals surface area contributed by atoms with Crippen LogP contribution in [-0.2, 0) is 6.54 Å². The highest BCUT2D eigenvalue weighted by atomic mass is 16.1. The lowest BCUT2D eigenvalue weighted by molar-refractivity contribution is 0.0950. The summed E-state index contributed by atoms with van der Waals surface area (Å²) in [6.07, 6.45) is 6.31. The van der Waals surface area contributed by atoms with E-state index < -0.39 is 0 Å². The van der Waals surface area contributed by atoms with E-state index in [-0.39, 0.29) is 5.91 Å². The fourth-order valence-corrected chi connectivity index (χ4v) is 3.09. The van der Waals surface area contributed by atoms with E-state index in [0.29, 0.717) is 12.1 Å². The first-order valence-corrected chi connectivity index (χ1v) is 8.71. The summed E-state index contributed by atoms with van der Waals surface area (Å²) in [6.45, 7) is 1.50. The van der Waals surface area contributed by atoms with E-state index in [1.54, 1.807) is 6.20 Å². The Bertz CT molecular complexity index is 883. The van der Waals surface area contributed by atoms with Gasteiger partial charge in [0.05, 0.1) is 17.8 Å². The third-order valence-electron chi connectivity index (χ3n) is 4.67. The van der Waals surface area contributed by atoms with Gasteiger partial charge in [-0.25, -0.2) is 0 Å². The topological polar surface area (TPSA) is 49.6 Å². The van der Waals surface area contributed by atoms with Gasteiger partial charge in [0.25, 0.3) is 5.91 Å². The van der Waals surface area contributed by atoms with Gasteiger partial charge < -0.3 is 14.6 Å². The summed E-state index contributed by atoms with van der Waals surface area (Å²) in [7, 11) is 2.12. The van der Waals surface area contributed by atoms with Crippen LogP contribution in [0.3, 0.4) is 0 Å². The maximum absolute atomic E-state index is 12.5. The number of fused-ring (bicyclic) bond motifs is 1. The Balaban J connectivity index is 1.52. The SMILES string of the molecule is CN(CC1CC1)c1ccc2ccc(C(=O)NCc3ccccn3)cn12. The zero-order valence-corrected chi connectivity index (χ0v) is 14.4. The van der Waals surface area contributed by atoms with Crippen LogP contribution in [0.2, 0.25) is 0 Å². The number of aromatic nitrogens is 2. The van der Waals surface area contributed by atoms with Crippen LogP contribution in [0.25, 0.3) is 5.52 Å². The number of carbonyl (C=O) groups excluding carboxylic acids is 1. The van der Waals surface area contributed by atoms with Gasteiger partial charge in [-0.1, -0.05) is 6.07 Å². The van der Waals surface area contributed by atoms with E-state index in [2.05, 4.69) is 38.8 Å². The van der Waals surface area contributed by atoms with Crippen molar-refractivity contribution in [2.24, 2.45) is 5.92 Å². The van der Waals surface area contributed by atoms with Gasteiger partial charge in [0.15, 0.2) is 0 Å². The van der Waals surface area contributed by atoms with E-state index in [9.17, 15) is 4.79 Å². The molecule has 0 atom stereocenters. The maximum atomic E-state index is 12.5. The van der Waals surface area contributed by atoms with Crippen molar-refractivity contribution in [2.75, 3.05) is 18.5 Å². The third-order valence-corrected chi connectivity index (χ3v) is 4.67. The Labute approximate surface area is 147 Å². The molecule has 0 bridgehead atoms. The molecule has 1 fully saturated rings. The quantitative estimate of drug-likeness (QED) is 0.753. The van der Waals surface area contributed by atoms with Crippen molar-refractivity contribution < 1.29 is 4.79 Å². The van der Waals surface area contributed by atoms with Gasteiger partial charge in [0.2, 0.25) is 0 Å². The predicted molar refractivity (Wildman–Crippen MR) is 98.8 cm³/mol. The zero-order valence-electron chi connectivity index (χ0n) is 14.4. The zero-order chi connectivity index (χ0) is 17.2. The molecular formula is C20H22N4O. The number of rotatable bonds is 6. The van der Waals surface area contributed by atoms with Gasteiger partial charge in [0, 0.05) is 31.5 Å². The molecule has 1 amide bonds. The summed E-state index contributed by atoms with van der Waals surface area (Å²) < 4.78 is 2.10. The number of nitrogens with one attached hydrogen (secondary N) is 1. The first kappa shape index (κ1) is 15.7. The fourth-order valence-electron chi connectivity index (χ4n) is 3.09. The second-order valence-electron chi connectivity index (χ2n) is 6.73. The first-order valence-electron chi connectivity index (χ1n) is 8.71. The molecule has 0 spiro atoms. The average molecular weight is 334 g/mol. The first-order chi connectivity index (χ1) is 12.2. The summed E-state index contributed by atoms with van der Waals surface area (Å²) in [5.41, 5.74) is 2.60. The molecule has 0 radical (unpaired) electrons. The molecule has 128 valence electrons. The van der Waals surface area contributed by atoms with Crippen LogP contribution in [-0.4, -0.2) is 28.9 Å². The molecule has 5 nitrogen and oxygen atoms in total. The predicted octanol–water partition coefficient (Wildman–Crippen LogP) is 3.11. The van der Waals surface area contributed by atoms with Crippen LogP contribution in [0.5, 0.6) is 0 Å². The Morgan fingerprint density at radius 1 is 1.24 bits per heavy atom. The largest absolute Gasteiger partial charge is 0.361 e. The van der Waals surface area contributed by atoms with Crippen molar-refractivity contribution in [3.05, 3.63) is 66.1 Å². The minimum atomic E-state index is -0.0861. The average Bonchev–Trinajstić information content (AvgIpc) is 3.35. The fraction of sp³-hybridized carbons (Fsp3) is 0.300. The molecule has 3 aromatic heterocycles. The summed E-state index contributed by atoms with van der Waals surface area (Å²) in [5, 5.41) is 2.93. The number of amides is 1. The van der Waals surface area contributed by atoms with Crippen molar-refractivity contribution in [3.63, 3.8) is 0 Å². The summed E-state index contributed by atoms with van der Waals surface area (Å²) in [4.78, 5) is 19.0. The van der Waals surface area contributed by atoms with Gasteiger partial charge in [0.1, 0.15) is 5.82 Å². The number of carbonyl (C=O) groups is 1. The minimum absolute atomic E-state index is 0.0861. The van der Waals surface area contributed by atoms with E-state index in [1.807, 2.05) is 36.5 Å². The molecule has 25 heavy (non-hydrogen) atoms. The number of hydrogen-bond donors (Lipinski definition) is 1. The molecule has 1 saturated carbocycles. The van der Waals surface area contributed by atoms with Crippen molar-refractivity contribution in [1.82, 2.24) is 14.7 Å². The summed E-state index contributed by atoms with van der Waals surface area (Å²) in [5.74, 6) is 1.86. The summed E-state index contributed by atoms with van der Waals surface area (Å²) >= 11 is 0. The number of nitrogens with zero attached hydrogens (tertiary/aromatic N) is 3. The van der Waals surface area contributed by atoms with Crippen molar-refractivity contribution in [2.45, 2.75) is 19.4 Å². The maximum Gasteiger partial charge on any atom is 0.253 e. The molecule has 0 aromatic carbocycles. The molecule has 0 saturated heterocycles. The van der Waals surface area contributed by atoms with E-state index in [4.69, 9.17) is 0 Å². The highest BCUT2D eigenvalue weighted by Gasteiger charge is 2.23.